The Balaban J connectivity index is 1.83. The number of nitrogens with zero attached hydrogens (tertiary/aromatic N) is 2. The molecule has 4 heteroatoms. The number of benzene rings is 2. The second-order valence-corrected chi connectivity index (χ2v) is 7.66. The van der Waals surface area contributed by atoms with Gasteiger partial charge in [0.15, 0.2) is 0 Å². The van der Waals surface area contributed by atoms with Gasteiger partial charge in [-0.15, -0.1) is 0 Å². The van der Waals surface area contributed by atoms with E-state index in [0.29, 0.717) is 11.7 Å². The third-order valence-electron chi connectivity index (χ3n) is 5.24. The first-order chi connectivity index (χ1) is 12.9. The highest BCUT2D eigenvalue weighted by atomic mass is 16.2. The molecule has 1 aliphatic carbocycles. The molecule has 0 unspecified atom stereocenters. The molecule has 0 bridgehead atoms. The van der Waals surface area contributed by atoms with Crippen molar-refractivity contribution in [2.24, 2.45) is 0 Å². The molecule has 4 rings (SSSR count). The van der Waals surface area contributed by atoms with E-state index in [9.17, 15) is 4.79 Å². The molecule has 0 atom stereocenters. The zero-order valence-electron chi connectivity index (χ0n) is 16.3. The fourth-order valence-electron chi connectivity index (χ4n) is 3.30. The average molecular weight is 359 g/mol. The Morgan fingerprint density at radius 1 is 0.963 bits per heavy atom. The van der Waals surface area contributed by atoms with E-state index in [-0.39, 0.29) is 5.91 Å². The van der Waals surface area contributed by atoms with E-state index < -0.39 is 0 Å². The topological polar surface area (TPSA) is 46.9 Å². The number of aryl methyl sites for hydroxylation is 4. The van der Waals surface area contributed by atoms with Gasteiger partial charge < -0.3 is 5.32 Å². The Hall–Kier alpha value is -2.88. The summed E-state index contributed by atoms with van der Waals surface area (Å²) >= 11 is 0. The Morgan fingerprint density at radius 3 is 2.41 bits per heavy atom. The Kier molecular flexibility index (Phi) is 4.34. The predicted octanol–water partition coefficient (Wildman–Crippen LogP) is 4.67. The summed E-state index contributed by atoms with van der Waals surface area (Å²) in [7, 11) is 0. The zero-order chi connectivity index (χ0) is 19.1. The molecule has 1 saturated carbocycles. The van der Waals surface area contributed by atoms with Crippen LogP contribution in [-0.4, -0.2) is 21.7 Å². The number of hydrogen-bond donors (Lipinski definition) is 1. The van der Waals surface area contributed by atoms with Gasteiger partial charge in [-0.05, 0) is 75.4 Å². The molecular weight excluding hydrogens is 334 g/mol. The first-order valence-electron chi connectivity index (χ1n) is 9.48. The van der Waals surface area contributed by atoms with Gasteiger partial charge >= 0.3 is 0 Å². The Bertz CT molecular complexity index is 1030. The van der Waals surface area contributed by atoms with Crippen molar-refractivity contribution in [3.63, 3.8) is 0 Å². The standard InChI is InChI=1S/C23H25N3O/c1-14-5-10-21(17(4)11-14)26-22(23(27)24-19-8-9-19)13-20(25-26)18-7-6-15(2)16(3)12-18/h5-7,10-13,19H,8-9H2,1-4H3,(H,24,27). The van der Waals surface area contributed by atoms with E-state index in [0.717, 1.165) is 35.3 Å². The fourth-order valence-corrected chi connectivity index (χ4v) is 3.30. The van der Waals surface area contributed by atoms with Crippen LogP contribution in [0.5, 0.6) is 0 Å². The molecular formula is C23H25N3O. The molecule has 0 spiro atoms. The van der Waals surface area contributed by atoms with Crippen molar-refractivity contribution in [2.75, 3.05) is 0 Å². The summed E-state index contributed by atoms with van der Waals surface area (Å²) in [5.41, 5.74) is 8.14. The zero-order valence-corrected chi connectivity index (χ0v) is 16.3. The van der Waals surface area contributed by atoms with Crippen LogP contribution in [-0.2, 0) is 0 Å². The second kappa shape index (κ2) is 6.69. The molecule has 1 fully saturated rings. The van der Waals surface area contributed by atoms with E-state index in [4.69, 9.17) is 5.10 Å². The summed E-state index contributed by atoms with van der Waals surface area (Å²) in [6.45, 7) is 8.33. The largest absolute Gasteiger partial charge is 0.348 e. The van der Waals surface area contributed by atoms with E-state index in [1.807, 2.05) is 12.1 Å². The van der Waals surface area contributed by atoms with Crippen LogP contribution in [0.4, 0.5) is 0 Å². The monoisotopic (exact) mass is 359 g/mol. The molecule has 0 aliphatic heterocycles. The van der Waals surface area contributed by atoms with Crippen molar-refractivity contribution >= 4 is 5.91 Å². The van der Waals surface area contributed by atoms with Gasteiger partial charge in [-0.2, -0.15) is 5.10 Å². The van der Waals surface area contributed by atoms with Crippen molar-refractivity contribution in [3.8, 4) is 16.9 Å². The van der Waals surface area contributed by atoms with Crippen LogP contribution in [0.15, 0.2) is 42.5 Å². The molecule has 1 aromatic heterocycles. The fraction of sp³-hybridized carbons (Fsp3) is 0.304. The lowest BCUT2D eigenvalue weighted by molar-refractivity contribution is 0.0943. The van der Waals surface area contributed by atoms with Crippen LogP contribution in [0.3, 0.4) is 0 Å². The summed E-state index contributed by atoms with van der Waals surface area (Å²) in [5.74, 6) is -0.0555. The molecule has 0 saturated heterocycles. The van der Waals surface area contributed by atoms with Crippen molar-refractivity contribution in [2.45, 2.75) is 46.6 Å². The van der Waals surface area contributed by atoms with Gasteiger partial charge in [-0.25, -0.2) is 4.68 Å². The highest BCUT2D eigenvalue weighted by molar-refractivity contribution is 5.94. The number of carbonyl (C=O) groups excluding carboxylic acids is 1. The maximum absolute atomic E-state index is 12.9. The van der Waals surface area contributed by atoms with Crippen LogP contribution in [0.1, 0.15) is 45.6 Å². The summed E-state index contributed by atoms with van der Waals surface area (Å²) in [6.07, 6.45) is 2.13. The highest BCUT2D eigenvalue weighted by Gasteiger charge is 2.26. The normalized spacial score (nSPS) is 13.6. The molecule has 4 nitrogen and oxygen atoms in total. The number of hydrogen-bond acceptors (Lipinski definition) is 2. The number of nitrogens with one attached hydrogen (secondary N) is 1. The minimum absolute atomic E-state index is 0.0555. The summed E-state index contributed by atoms with van der Waals surface area (Å²) < 4.78 is 1.79. The number of amides is 1. The Labute approximate surface area is 160 Å². The number of carbonyl (C=O) groups is 1. The molecule has 1 aliphatic rings. The lowest BCUT2D eigenvalue weighted by Gasteiger charge is -2.11. The van der Waals surface area contributed by atoms with Crippen LogP contribution >= 0.6 is 0 Å². The number of aromatic nitrogens is 2. The van der Waals surface area contributed by atoms with Crippen molar-refractivity contribution in [1.82, 2.24) is 15.1 Å². The van der Waals surface area contributed by atoms with E-state index >= 15 is 0 Å². The van der Waals surface area contributed by atoms with Gasteiger partial charge in [0.05, 0.1) is 11.4 Å². The summed E-state index contributed by atoms with van der Waals surface area (Å²) in [4.78, 5) is 12.9. The molecule has 3 aromatic rings. The van der Waals surface area contributed by atoms with Gasteiger partial charge in [0.1, 0.15) is 5.69 Å². The number of rotatable bonds is 4. The van der Waals surface area contributed by atoms with Gasteiger partial charge in [-0.3, -0.25) is 4.79 Å². The quantitative estimate of drug-likeness (QED) is 0.736. The molecule has 27 heavy (non-hydrogen) atoms. The molecule has 2 aromatic carbocycles. The Morgan fingerprint density at radius 2 is 1.74 bits per heavy atom. The van der Waals surface area contributed by atoms with Gasteiger partial charge in [0, 0.05) is 11.6 Å². The van der Waals surface area contributed by atoms with Crippen LogP contribution in [0, 0.1) is 27.7 Å². The third kappa shape index (κ3) is 3.52. The SMILES string of the molecule is Cc1ccc(-n2nc(-c3ccc(C)c(C)c3)cc2C(=O)NC2CC2)c(C)c1. The van der Waals surface area contributed by atoms with Crippen molar-refractivity contribution in [1.29, 1.82) is 0 Å². The minimum Gasteiger partial charge on any atom is -0.348 e. The average Bonchev–Trinajstić information content (AvgIpc) is 3.32. The summed E-state index contributed by atoms with van der Waals surface area (Å²) in [5, 5.41) is 7.91. The predicted molar refractivity (Wildman–Crippen MR) is 108 cm³/mol. The molecule has 1 heterocycles. The lowest BCUT2D eigenvalue weighted by Crippen LogP contribution is -2.27. The first kappa shape index (κ1) is 17.5. The molecule has 138 valence electrons. The lowest BCUT2D eigenvalue weighted by atomic mass is 10.0. The van der Waals surface area contributed by atoms with Crippen LogP contribution in [0.2, 0.25) is 0 Å². The minimum atomic E-state index is -0.0555. The smallest absolute Gasteiger partial charge is 0.270 e. The molecule has 1 N–H and O–H groups in total. The van der Waals surface area contributed by atoms with Crippen LogP contribution < -0.4 is 5.32 Å². The maximum atomic E-state index is 12.9. The molecule has 0 radical (unpaired) electrons. The van der Waals surface area contributed by atoms with Gasteiger partial charge in [-0.1, -0.05) is 29.8 Å². The highest BCUT2D eigenvalue weighted by Crippen LogP contribution is 2.26. The first-order valence-corrected chi connectivity index (χ1v) is 9.48. The maximum Gasteiger partial charge on any atom is 0.270 e. The van der Waals surface area contributed by atoms with Crippen molar-refractivity contribution < 1.29 is 4.79 Å². The van der Waals surface area contributed by atoms with Crippen molar-refractivity contribution in [3.05, 3.63) is 70.4 Å². The van der Waals surface area contributed by atoms with E-state index in [2.05, 4.69) is 63.3 Å². The third-order valence-corrected chi connectivity index (χ3v) is 5.24. The van der Waals surface area contributed by atoms with Gasteiger partial charge in [0.25, 0.3) is 5.91 Å². The van der Waals surface area contributed by atoms with E-state index in [1.165, 1.54) is 16.7 Å². The van der Waals surface area contributed by atoms with Gasteiger partial charge in [0.2, 0.25) is 0 Å². The molecule has 1 amide bonds. The van der Waals surface area contributed by atoms with E-state index in [1.54, 1.807) is 4.68 Å². The summed E-state index contributed by atoms with van der Waals surface area (Å²) in [6, 6.07) is 14.7. The second-order valence-electron chi connectivity index (χ2n) is 7.66. The van der Waals surface area contributed by atoms with Crippen LogP contribution in [0.25, 0.3) is 16.9 Å².